The zero-order chi connectivity index (χ0) is 8.36. The number of aliphatic carboxylic acids is 1. The standard InChI is InChI=1S/C4H8N2O4/c5-2(7)1-4(6,10)3(8)9/h10H,1,6H2,(H2,5,7)(H,8,9)/t4-/m1/s1. The van der Waals surface area contributed by atoms with Crippen LogP contribution in [-0.4, -0.2) is 27.8 Å². The van der Waals surface area contributed by atoms with Gasteiger partial charge >= 0.3 is 5.97 Å². The third-order valence-electron chi connectivity index (χ3n) is 0.814. The van der Waals surface area contributed by atoms with E-state index in [1.807, 2.05) is 0 Å². The fourth-order valence-electron chi connectivity index (χ4n) is 0.341. The summed E-state index contributed by atoms with van der Waals surface area (Å²) in [5.74, 6) is -2.64. The average Bonchev–Trinajstić information content (AvgIpc) is 1.60. The van der Waals surface area contributed by atoms with Crippen LogP contribution in [0.25, 0.3) is 0 Å². The summed E-state index contributed by atoms with van der Waals surface area (Å²) in [6.07, 6.45) is -0.789. The highest BCUT2D eigenvalue weighted by Crippen LogP contribution is 1.99. The van der Waals surface area contributed by atoms with E-state index in [0.29, 0.717) is 0 Å². The van der Waals surface area contributed by atoms with Gasteiger partial charge in [0.2, 0.25) is 11.6 Å². The number of primary amides is 1. The highest BCUT2D eigenvalue weighted by molar-refractivity contribution is 5.85. The van der Waals surface area contributed by atoms with Gasteiger partial charge in [-0.1, -0.05) is 0 Å². The van der Waals surface area contributed by atoms with Crippen molar-refractivity contribution in [1.29, 1.82) is 0 Å². The summed E-state index contributed by atoms with van der Waals surface area (Å²) in [5.41, 5.74) is 6.75. The van der Waals surface area contributed by atoms with E-state index in [1.165, 1.54) is 0 Å². The molecule has 0 spiro atoms. The Kier molecular flexibility index (Phi) is 2.33. The maximum atomic E-state index is 10.0. The molecule has 0 bridgehead atoms. The second kappa shape index (κ2) is 2.63. The lowest BCUT2D eigenvalue weighted by Crippen LogP contribution is -2.50. The molecule has 0 radical (unpaired) electrons. The molecule has 0 saturated carbocycles. The molecule has 58 valence electrons. The second-order valence-electron chi connectivity index (χ2n) is 1.87. The van der Waals surface area contributed by atoms with E-state index in [9.17, 15) is 9.59 Å². The van der Waals surface area contributed by atoms with Crippen LogP contribution in [-0.2, 0) is 9.59 Å². The molecule has 0 fully saturated rings. The van der Waals surface area contributed by atoms with Crippen LogP contribution in [0.2, 0.25) is 0 Å². The fourth-order valence-corrected chi connectivity index (χ4v) is 0.341. The smallest absolute Gasteiger partial charge is 0.351 e. The van der Waals surface area contributed by atoms with Crippen LogP contribution in [0, 0.1) is 0 Å². The van der Waals surface area contributed by atoms with E-state index in [2.05, 4.69) is 5.73 Å². The summed E-state index contributed by atoms with van der Waals surface area (Å²) in [5, 5.41) is 16.7. The Labute approximate surface area is 56.4 Å². The van der Waals surface area contributed by atoms with Crippen molar-refractivity contribution >= 4 is 11.9 Å². The first-order valence-corrected chi connectivity index (χ1v) is 2.39. The Bertz CT molecular complexity index is 165. The summed E-state index contributed by atoms with van der Waals surface area (Å²) in [7, 11) is 0. The molecule has 0 aromatic rings. The predicted octanol–water partition coefficient (Wildman–Crippen LogP) is -2.41. The molecule has 6 N–H and O–H groups in total. The average molecular weight is 148 g/mol. The number of carbonyl (C=O) groups is 2. The minimum absolute atomic E-state index is 0.789. The van der Waals surface area contributed by atoms with Crippen molar-refractivity contribution in [2.75, 3.05) is 0 Å². The van der Waals surface area contributed by atoms with Crippen LogP contribution in [0.4, 0.5) is 0 Å². The maximum absolute atomic E-state index is 10.0. The van der Waals surface area contributed by atoms with Crippen molar-refractivity contribution in [3.8, 4) is 0 Å². The molecule has 0 rings (SSSR count). The maximum Gasteiger partial charge on any atom is 0.351 e. The molecule has 6 heteroatoms. The summed E-state index contributed by atoms with van der Waals surface area (Å²) in [6.45, 7) is 0. The Morgan fingerprint density at radius 2 is 1.90 bits per heavy atom. The molecule has 1 atom stereocenters. The Morgan fingerprint density at radius 1 is 1.50 bits per heavy atom. The number of carboxylic acid groups (broad SMARTS) is 1. The number of carboxylic acids is 1. The molecule has 0 unspecified atom stereocenters. The largest absolute Gasteiger partial charge is 0.478 e. The van der Waals surface area contributed by atoms with Gasteiger partial charge in [-0.05, 0) is 0 Å². The van der Waals surface area contributed by atoms with Crippen molar-refractivity contribution in [1.82, 2.24) is 0 Å². The van der Waals surface area contributed by atoms with Gasteiger partial charge in [0.1, 0.15) is 0 Å². The zero-order valence-corrected chi connectivity index (χ0v) is 5.07. The third kappa shape index (κ3) is 2.42. The van der Waals surface area contributed by atoms with Gasteiger partial charge in [-0.25, -0.2) is 4.79 Å². The number of hydrogen-bond acceptors (Lipinski definition) is 4. The van der Waals surface area contributed by atoms with Crippen LogP contribution in [0.15, 0.2) is 0 Å². The number of carbonyl (C=O) groups excluding carboxylic acids is 1. The normalized spacial score (nSPS) is 15.8. The van der Waals surface area contributed by atoms with Crippen molar-refractivity contribution in [3.05, 3.63) is 0 Å². The molecular weight excluding hydrogens is 140 g/mol. The van der Waals surface area contributed by atoms with Gasteiger partial charge in [0, 0.05) is 0 Å². The van der Waals surface area contributed by atoms with Gasteiger partial charge in [0.25, 0.3) is 0 Å². The number of aliphatic hydroxyl groups is 1. The van der Waals surface area contributed by atoms with E-state index in [0.717, 1.165) is 0 Å². The molecule has 0 saturated heterocycles. The zero-order valence-electron chi connectivity index (χ0n) is 5.07. The summed E-state index contributed by atoms with van der Waals surface area (Å²) in [4.78, 5) is 20.0. The molecule has 10 heavy (non-hydrogen) atoms. The van der Waals surface area contributed by atoms with E-state index in [-0.39, 0.29) is 0 Å². The SMILES string of the molecule is NC(=O)C[C@@](N)(O)C(=O)O. The lowest BCUT2D eigenvalue weighted by Gasteiger charge is -2.14. The number of rotatable bonds is 3. The van der Waals surface area contributed by atoms with Gasteiger partial charge < -0.3 is 15.9 Å². The molecule has 1 amide bonds. The highest BCUT2D eigenvalue weighted by Gasteiger charge is 2.32. The van der Waals surface area contributed by atoms with E-state index < -0.39 is 24.0 Å². The van der Waals surface area contributed by atoms with Gasteiger partial charge in [0.15, 0.2) is 0 Å². The quantitative estimate of drug-likeness (QED) is 0.331. The van der Waals surface area contributed by atoms with Crippen molar-refractivity contribution < 1.29 is 19.8 Å². The van der Waals surface area contributed by atoms with Crippen molar-refractivity contribution in [2.24, 2.45) is 11.5 Å². The molecule has 0 heterocycles. The fraction of sp³-hybridized carbons (Fsp3) is 0.500. The predicted molar refractivity (Wildman–Crippen MR) is 30.6 cm³/mol. The summed E-state index contributed by atoms with van der Waals surface area (Å²) < 4.78 is 0. The minimum atomic E-state index is -2.54. The van der Waals surface area contributed by atoms with E-state index >= 15 is 0 Å². The molecule has 0 aromatic carbocycles. The van der Waals surface area contributed by atoms with E-state index in [1.54, 1.807) is 0 Å². The van der Waals surface area contributed by atoms with Crippen LogP contribution in [0.3, 0.4) is 0 Å². The molecule has 0 aliphatic carbocycles. The van der Waals surface area contributed by atoms with Gasteiger partial charge in [-0.15, -0.1) is 0 Å². The molecule has 6 nitrogen and oxygen atoms in total. The number of hydrogen-bond donors (Lipinski definition) is 4. The van der Waals surface area contributed by atoms with Gasteiger partial charge in [-0.2, -0.15) is 0 Å². The first-order chi connectivity index (χ1) is 4.36. The van der Waals surface area contributed by atoms with Crippen LogP contribution >= 0.6 is 0 Å². The number of amides is 1. The molecule has 0 aliphatic heterocycles. The van der Waals surface area contributed by atoms with Crippen LogP contribution in [0.5, 0.6) is 0 Å². The molecule has 0 aromatic heterocycles. The van der Waals surface area contributed by atoms with E-state index in [4.69, 9.17) is 15.9 Å². The van der Waals surface area contributed by atoms with Crippen molar-refractivity contribution in [2.45, 2.75) is 12.1 Å². The van der Waals surface area contributed by atoms with Gasteiger partial charge in [-0.3, -0.25) is 10.5 Å². The van der Waals surface area contributed by atoms with Crippen LogP contribution in [0.1, 0.15) is 6.42 Å². The second-order valence-corrected chi connectivity index (χ2v) is 1.87. The third-order valence-corrected chi connectivity index (χ3v) is 0.814. The highest BCUT2D eigenvalue weighted by atomic mass is 16.4. The summed E-state index contributed by atoms with van der Waals surface area (Å²) >= 11 is 0. The monoisotopic (exact) mass is 148 g/mol. The van der Waals surface area contributed by atoms with Crippen LogP contribution < -0.4 is 11.5 Å². The Hall–Kier alpha value is -1.14. The Balaban J connectivity index is 4.13. The number of nitrogens with two attached hydrogens (primary N) is 2. The molecular formula is C4H8N2O4. The lowest BCUT2D eigenvalue weighted by molar-refractivity contribution is -0.160. The van der Waals surface area contributed by atoms with Crippen molar-refractivity contribution in [3.63, 3.8) is 0 Å². The Morgan fingerprint density at radius 3 is 2.00 bits per heavy atom. The minimum Gasteiger partial charge on any atom is -0.478 e. The topological polar surface area (TPSA) is 127 Å². The first-order valence-electron chi connectivity index (χ1n) is 2.39. The first kappa shape index (κ1) is 8.86. The summed E-state index contributed by atoms with van der Waals surface area (Å²) in [6, 6.07) is 0. The lowest BCUT2D eigenvalue weighted by atomic mass is 10.1. The molecule has 0 aliphatic rings. The van der Waals surface area contributed by atoms with Gasteiger partial charge in [0.05, 0.1) is 6.42 Å².